The molecular weight excluding hydrogens is 206 g/mol. The highest BCUT2D eigenvalue weighted by atomic mass is 16.6. The zero-order valence-electron chi connectivity index (χ0n) is 9.22. The van der Waals surface area contributed by atoms with Crippen molar-refractivity contribution in [2.45, 2.75) is 12.5 Å². The molecule has 1 saturated heterocycles. The highest BCUT2D eigenvalue weighted by Gasteiger charge is 2.21. The number of likely N-dealkylation sites (N-methyl/N-ethyl adjacent to an activating group) is 1. The summed E-state index contributed by atoms with van der Waals surface area (Å²) in [5.74, 6) is 0. The lowest BCUT2D eigenvalue weighted by Crippen LogP contribution is -2.29. The summed E-state index contributed by atoms with van der Waals surface area (Å²) in [5, 5.41) is 13.8. The highest BCUT2D eigenvalue weighted by molar-refractivity contribution is 5.51. The Balaban J connectivity index is 2.08. The maximum atomic E-state index is 10.5. The summed E-state index contributed by atoms with van der Waals surface area (Å²) < 4.78 is 0. The molecule has 0 saturated carbocycles. The number of nitro groups is 1. The largest absolute Gasteiger partial charge is 0.370 e. The fraction of sp³-hybridized carbons (Fsp3) is 0.455. The van der Waals surface area contributed by atoms with Gasteiger partial charge in [-0.15, -0.1) is 0 Å². The van der Waals surface area contributed by atoms with E-state index in [0.29, 0.717) is 6.04 Å². The first-order valence-corrected chi connectivity index (χ1v) is 5.37. The Kier molecular flexibility index (Phi) is 3.05. The first-order valence-electron chi connectivity index (χ1n) is 5.37. The van der Waals surface area contributed by atoms with Gasteiger partial charge < -0.3 is 10.2 Å². The average molecular weight is 221 g/mol. The third kappa shape index (κ3) is 2.14. The number of nitrogens with one attached hydrogen (secondary N) is 1. The highest BCUT2D eigenvalue weighted by Crippen LogP contribution is 2.22. The minimum Gasteiger partial charge on any atom is -0.370 e. The molecule has 1 aromatic rings. The lowest BCUT2D eigenvalue weighted by Gasteiger charge is -2.18. The molecule has 1 aromatic carbocycles. The molecule has 16 heavy (non-hydrogen) atoms. The predicted octanol–water partition coefficient (Wildman–Crippen LogP) is 1.39. The Hall–Kier alpha value is -1.62. The summed E-state index contributed by atoms with van der Waals surface area (Å²) >= 11 is 0. The van der Waals surface area contributed by atoms with E-state index in [1.807, 2.05) is 19.2 Å². The molecule has 1 fully saturated rings. The molecule has 0 bridgehead atoms. The van der Waals surface area contributed by atoms with Crippen molar-refractivity contribution in [1.82, 2.24) is 5.32 Å². The van der Waals surface area contributed by atoms with Gasteiger partial charge >= 0.3 is 0 Å². The van der Waals surface area contributed by atoms with E-state index in [1.54, 1.807) is 12.1 Å². The van der Waals surface area contributed by atoms with Crippen LogP contribution in [0.15, 0.2) is 24.3 Å². The van der Waals surface area contributed by atoms with Crippen molar-refractivity contribution in [2.24, 2.45) is 0 Å². The summed E-state index contributed by atoms with van der Waals surface area (Å²) in [5.41, 5.74) is 1.21. The van der Waals surface area contributed by atoms with Crippen molar-refractivity contribution >= 4 is 11.4 Å². The molecule has 0 spiro atoms. The summed E-state index contributed by atoms with van der Waals surface area (Å²) in [6.45, 7) is 1.97. The molecule has 0 aromatic heterocycles. The van der Waals surface area contributed by atoms with Crippen molar-refractivity contribution < 1.29 is 4.92 Å². The van der Waals surface area contributed by atoms with E-state index in [-0.39, 0.29) is 10.6 Å². The van der Waals surface area contributed by atoms with Crippen LogP contribution in [0.4, 0.5) is 11.4 Å². The van der Waals surface area contributed by atoms with Crippen LogP contribution in [0, 0.1) is 10.1 Å². The van der Waals surface area contributed by atoms with Crippen LogP contribution in [0.2, 0.25) is 0 Å². The first kappa shape index (κ1) is 10.9. The molecule has 1 N–H and O–H groups in total. The minimum absolute atomic E-state index is 0.146. The number of benzene rings is 1. The third-order valence-corrected chi connectivity index (χ3v) is 3.02. The van der Waals surface area contributed by atoms with Gasteiger partial charge in [-0.05, 0) is 25.6 Å². The lowest BCUT2D eigenvalue weighted by atomic mass is 10.2. The quantitative estimate of drug-likeness (QED) is 0.619. The number of non-ortho nitro benzene ring substituents is 1. The molecule has 1 aliphatic heterocycles. The van der Waals surface area contributed by atoms with E-state index in [4.69, 9.17) is 0 Å². The molecule has 5 nitrogen and oxygen atoms in total. The Bertz CT molecular complexity index is 377. The minimum atomic E-state index is -0.371. The van der Waals surface area contributed by atoms with Crippen LogP contribution in [0.5, 0.6) is 0 Å². The van der Waals surface area contributed by atoms with Gasteiger partial charge in [-0.2, -0.15) is 0 Å². The maximum Gasteiger partial charge on any atom is 0.269 e. The van der Waals surface area contributed by atoms with Crippen LogP contribution in [0.25, 0.3) is 0 Å². The standard InChI is InChI=1S/C11H15N3O2/c1-12-9-6-7-13(8-9)10-2-4-11(5-3-10)14(15)16/h2-5,9,12H,6-8H2,1H3. The van der Waals surface area contributed by atoms with Gasteiger partial charge in [0.15, 0.2) is 0 Å². The van der Waals surface area contributed by atoms with Crippen molar-refractivity contribution in [3.63, 3.8) is 0 Å². The van der Waals surface area contributed by atoms with Gasteiger partial charge in [-0.3, -0.25) is 10.1 Å². The number of hydrogen-bond donors (Lipinski definition) is 1. The van der Waals surface area contributed by atoms with Crippen molar-refractivity contribution in [1.29, 1.82) is 0 Å². The molecule has 0 amide bonds. The predicted molar refractivity (Wildman–Crippen MR) is 62.8 cm³/mol. The second kappa shape index (κ2) is 4.49. The van der Waals surface area contributed by atoms with Gasteiger partial charge in [0.2, 0.25) is 0 Å². The Labute approximate surface area is 94.2 Å². The molecular formula is C11H15N3O2. The molecule has 86 valence electrons. The molecule has 1 heterocycles. The second-order valence-electron chi connectivity index (χ2n) is 3.99. The van der Waals surface area contributed by atoms with Crippen molar-refractivity contribution in [3.8, 4) is 0 Å². The topological polar surface area (TPSA) is 58.4 Å². The number of anilines is 1. The third-order valence-electron chi connectivity index (χ3n) is 3.02. The second-order valence-corrected chi connectivity index (χ2v) is 3.99. The first-order chi connectivity index (χ1) is 7.70. The monoisotopic (exact) mass is 221 g/mol. The molecule has 0 radical (unpaired) electrons. The summed E-state index contributed by atoms with van der Waals surface area (Å²) in [6, 6.07) is 7.27. The van der Waals surface area contributed by atoms with Gasteiger partial charge in [0.1, 0.15) is 0 Å². The fourth-order valence-corrected chi connectivity index (χ4v) is 2.02. The smallest absolute Gasteiger partial charge is 0.269 e. The van der Waals surface area contributed by atoms with Gasteiger partial charge in [0.05, 0.1) is 4.92 Å². The molecule has 1 unspecified atom stereocenters. The summed E-state index contributed by atoms with van der Waals surface area (Å²) in [6.07, 6.45) is 1.12. The van der Waals surface area contributed by atoms with Gasteiger partial charge in [0, 0.05) is 37.0 Å². The van der Waals surface area contributed by atoms with Crippen molar-refractivity contribution in [3.05, 3.63) is 34.4 Å². The number of nitro benzene ring substituents is 1. The maximum absolute atomic E-state index is 10.5. The Morgan fingerprint density at radius 1 is 1.44 bits per heavy atom. The van der Waals surface area contributed by atoms with Crippen LogP contribution < -0.4 is 10.2 Å². The summed E-state index contributed by atoms with van der Waals surface area (Å²) in [7, 11) is 1.96. The Morgan fingerprint density at radius 2 is 2.12 bits per heavy atom. The van der Waals surface area contributed by atoms with E-state index in [9.17, 15) is 10.1 Å². The lowest BCUT2D eigenvalue weighted by molar-refractivity contribution is -0.384. The number of hydrogen-bond acceptors (Lipinski definition) is 4. The molecule has 1 atom stereocenters. The van der Waals surface area contributed by atoms with Crippen LogP contribution >= 0.6 is 0 Å². The van der Waals surface area contributed by atoms with Crippen LogP contribution in [-0.4, -0.2) is 31.1 Å². The number of rotatable bonds is 3. The SMILES string of the molecule is CNC1CCN(c2ccc([N+](=O)[O-])cc2)C1. The molecule has 1 aliphatic rings. The van der Waals surface area contributed by atoms with E-state index in [2.05, 4.69) is 10.2 Å². The molecule has 0 aliphatic carbocycles. The number of nitrogens with zero attached hydrogens (tertiary/aromatic N) is 2. The molecule has 5 heteroatoms. The van der Waals surface area contributed by atoms with Gasteiger partial charge in [-0.25, -0.2) is 0 Å². The van der Waals surface area contributed by atoms with E-state index in [1.165, 1.54) is 0 Å². The van der Waals surface area contributed by atoms with Crippen LogP contribution in [-0.2, 0) is 0 Å². The van der Waals surface area contributed by atoms with Crippen LogP contribution in [0.1, 0.15) is 6.42 Å². The zero-order valence-corrected chi connectivity index (χ0v) is 9.22. The molecule has 2 rings (SSSR count). The average Bonchev–Trinajstić information content (AvgIpc) is 2.77. The summed E-state index contributed by atoms with van der Waals surface area (Å²) in [4.78, 5) is 12.4. The fourth-order valence-electron chi connectivity index (χ4n) is 2.02. The van der Waals surface area contributed by atoms with E-state index >= 15 is 0 Å². The van der Waals surface area contributed by atoms with Crippen molar-refractivity contribution in [2.75, 3.05) is 25.0 Å². The normalized spacial score (nSPS) is 20.1. The zero-order chi connectivity index (χ0) is 11.5. The van der Waals surface area contributed by atoms with Crippen LogP contribution in [0.3, 0.4) is 0 Å². The van der Waals surface area contributed by atoms with Gasteiger partial charge in [-0.1, -0.05) is 0 Å². The van der Waals surface area contributed by atoms with E-state index < -0.39 is 0 Å². The van der Waals surface area contributed by atoms with E-state index in [0.717, 1.165) is 25.2 Å². The Morgan fingerprint density at radius 3 is 2.62 bits per heavy atom. The van der Waals surface area contributed by atoms with Gasteiger partial charge in [0.25, 0.3) is 5.69 Å².